The molecule has 8 heavy (non-hydrogen) atoms. The molecule has 0 heterocycles. The lowest BCUT2D eigenvalue weighted by Gasteiger charge is -2.02. The fourth-order valence-electron chi connectivity index (χ4n) is 1.79. The highest BCUT2D eigenvalue weighted by Crippen LogP contribution is 2.35. The van der Waals surface area contributed by atoms with Gasteiger partial charge < -0.3 is 0 Å². The van der Waals surface area contributed by atoms with Gasteiger partial charge in [-0.15, -0.1) is 5.92 Å². The van der Waals surface area contributed by atoms with Gasteiger partial charge in [0.2, 0.25) is 0 Å². The molecule has 0 heteroatoms. The zero-order chi connectivity index (χ0) is 5.40. The van der Waals surface area contributed by atoms with Crippen molar-refractivity contribution < 1.29 is 0 Å². The summed E-state index contributed by atoms with van der Waals surface area (Å²) in [5.74, 6) is 8.21. The van der Waals surface area contributed by atoms with E-state index in [2.05, 4.69) is 11.8 Å². The molecule has 0 nitrogen and oxygen atoms in total. The molecular formula is C8H10. The molecule has 0 N–H and O–H groups in total. The first-order chi connectivity index (χ1) is 3.97. The molecule has 2 aliphatic rings. The van der Waals surface area contributed by atoms with Gasteiger partial charge in [-0.25, -0.2) is 0 Å². The van der Waals surface area contributed by atoms with E-state index in [1.54, 1.807) is 0 Å². The first kappa shape index (κ1) is 4.44. The van der Waals surface area contributed by atoms with Gasteiger partial charge in [-0.3, -0.25) is 0 Å². The van der Waals surface area contributed by atoms with Gasteiger partial charge in [0.15, 0.2) is 0 Å². The van der Waals surface area contributed by atoms with Crippen LogP contribution in [-0.2, 0) is 0 Å². The largest absolute Gasteiger partial charge is 0.103 e. The molecule has 2 unspecified atom stereocenters. The monoisotopic (exact) mass is 106 g/mol. The molecule has 0 radical (unpaired) electrons. The predicted molar refractivity (Wildman–Crippen MR) is 33.2 cm³/mol. The van der Waals surface area contributed by atoms with E-state index in [0.29, 0.717) is 0 Å². The van der Waals surface area contributed by atoms with Gasteiger partial charge in [0.25, 0.3) is 0 Å². The van der Waals surface area contributed by atoms with Gasteiger partial charge in [0.05, 0.1) is 0 Å². The van der Waals surface area contributed by atoms with Gasteiger partial charge in [-0.2, -0.15) is 0 Å². The second kappa shape index (κ2) is 1.52. The molecule has 2 atom stereocenters. The molecule has 0 bridgehead atoms. The maximum atomic E-state index is 3.27. The summed E-state index contributed by atoms with van der Waals surface area (Å²) in [5.41, 5.74) is 0. The number of hydrogen-bond donors (Lipinski definition) is 0. The first-order valence-electron chi connectivity index (χ1n) is 3.45. The summed E-state index contributed by atoms with van der Waals surface area (Å²) in [5, 5.41) is 0. The number of fused-ring (bicyclic) bond motifs is 1. The van der Waals surface area contributed by atoms with Gasteiger partial charge in [-0.05, 0) is 18.8 Å². The molecule has 2 rings (SSSR count). The molecule has 0 saturated heterocycles. The van der Waals surface area contributed by atoms with Crippen LogP contribution in [0.4, 0.5) is 0 Å². The Bertz CT molecular complexity index is 147. The summed E-state index contributed by atoms with van der Waals surface area (Å²) >= 11 is 0. The maximum absolute atomic E-state index is 3.27. The molecule has 0 aromatic rings. The van der Waals surface area contributed by atoms with E-state index in [-0.39, 0.29) is 0 Å². The van der Waals surface area contributed by atoms with E-state index in [1.807, 2.05) is 0 Å². The Kier molecular flexibility index (Phi) is 0.842. The quantitative estimate of drug-likeness (QED) is 0.413. The second-order valence-electron chi connectivity index (χ2n) is 2.82. The fourth-order valence-corrected chi connectivity index (χ4v) is 1.79. The fraction of sp³-hybridized carbons (Fsp3) is 0.750. The summed E-state index contributed by atoms with van der Waals surface area (Å²) in [7, 11) is 0. The van der Waals surface area contributed by atoms with E-state index in [0.717, 1.165) is 11.8 Å². The van der Waals surface area contributed by atoms with E-state index in [9.17, 15) is 0 Å². The highest BCUT2D eigenvalue weighted by atomic mass is 14.3. The molecule has 0 aromatic heterocycles. The zero-order valence-corrected chi connectivity index (χ0v) is 4.98. The van der Waals surface area contributed by atoms with Crippen molar-refractivity contribution in [3.8, 4) is 11.8 Å². The predicted octanol–water partition coefficient (Wildman–Crippen LogP) is 1.81. The normalized spacial score (nSPS) is 41.0. The van der Waals surface area contributed by atoms with Crippen molar-refractivity contribution in [2.24, 2.45) is 11.8 Å². The van der Waals surface area contributed by atoms with Gasteiger partial charge in [-0.1, -0.05) is 12.3 Å². The van der Waals surface area contributed by atoms with Gasteiger partial charge in [0, 0.05) is 12.3 Å². The van der Waals surface area contributed by atoms with E-state index < -0.39 is 0 Å². The van der Waals surface area contributed by atoms with Crippen molar-refractivity contribution in [2.45, 2.75) is 25.7 Å². The Morgan fingerprint density at radius 1 is 1.25 bits per heavy atom. The van der Waals surface area contributed by atoms with E-state index >= 15 is 0 Å². The van der Waals surface area contributed by atoms with Crippen LogP contribution in [0, 0.1) is 23.7 Å². The smallest absolute Gasteiger partial charge is 0.0240 e. The Balaban J connectivity index is 2.16. The zero-order valence-electron chi connectivity index (χ0n) is 4.98. The minimum atomic E-state index is 0.815. The van der Waals surface area contributed by atoms with E-state index in [4.69, 9.17) is 0 Å². The van der Waals surface area contributed by atoms with Crippen LogP contribution in [0.3, 0.4) is 0 Å². The number of hydrogen-bond acceptors (Lipinski definition) is 0. The van der Waals surface area contributed by atoms with Crippen molar-refractivity contribution in [3.63, 3.8) is 0 Å². The van der Waals surface area contributed by atoms with Crippen molar-refractivity contribution in [1.29, 1.82) is 0 Å². The second-order valence-corrected chi connectivity index (χ2v) is 2.82. The van der Waals surface area contributed by atoms with Crippen LogP contribution >= 0.6 is 0 Å². The summed E-state index contributed by atoms with van der Waals surface area (Å²) in [4.78, 5) is 0. The lowest BCUT2D eigenvalue weighted by Crippen LogP contribution is -1.97. The Labute approximate surface area is 50.3 Å². The molecule has 0 aromatic carbocycles. The van der Waals surface area contributed by atoms with E-state index in [1.165, 1.54) is 25.7 Å². The molecule has 1 fully saturated rings. The van der Waals surface area contributed by atoms with Crippen molar-refractivity contribution in [3.05, 3.63) is 0 Å². The van der Waals surface area contributed by atoms with Crippen molar-refractivity contribution >= 4 is 0 Å². The van der Waals surface area contributed by atoms with Crippen LogP contribution < -0.4 is 0 Å². The van der Waals surface area contributed by atoms with Crippen LogP contribution in [0.5, 0.6) is 0 Å². The minimum absolute atomic E-state index is 0.815. The first-order valence-corrected chi connectivity index (χ1v) is 3.45. The van der Waals surface area contributed by atoms with Crippen LogP contribution in [0.25, 0.3) is 0 Å². The number of rotatable bonds is 0. The molecule has 0 amide bonds. The highest BCUT2D eigenvalue weighted by Gasteiger charge is 2.27. The molecule has 42 valence electrons. The third kappa shape index (κ3) is 0.478. The van der Waals surface area contributed by atoms with Crippen molar-refractivity contribution in [1.82, 2.24) is 0 Å². The standard InChI is InChI=1S/C8H10/c1-3-7-5-2-6-8(7)4-1/h7-8H,1,3-5H2. The van der Waals surface area contributed by atoms with Crippen LogP contribution in [0.1, 0.15) is 25.7 Å². The van der Waals surface area contributed by atoms with Gasteiger partial charge in [0.1, 0.15) is 0 Å². The molecule has 0 aliphatic heterocycles. The third-order valence-electron chi connectivity index (χ3n) is 2.31. The lowest BCUT2D eigenvalue weighted by molar-refractivity contribution is 0.503. The molecule has 2 aliphatic carbocycles. The lowest BCUT2D eigenvalue weighted by atomic mass is 10.00. The minimum Gasteiger partial charge on any atom is -0.103 e. The van der Waals surface area contributed by atoms with Crippen LogP contribution in [-0.4, -0.2) is 0 Å². The molecule has 0 spiro atoms. The molecule has 1 saturated carbocycles. The third-order valence-corrected chi connectivity index (χ3v) is 2.31. The highest BCUT2D eigenvalue weighted by molar-refractivity contribution is 5.15. The average Bonchev–Trinajstić information content (AvgIpc) is 2.15. The summed E-state index contributed by atoms with van der Waals surface area (Å²) in [6.45, 7) is 0. The Hall–Kier alpha value is -0.440. The average molecular weight is 106 g/mol. The van der Waals surface area contributed by atoms with Crippen molar-refractivity contribution in [2.75, 3.05) is 0 Å². The Morgan fingerprint density at radius 3 is 3.12 bits per heavy atom. The SMILES string of the molecule is C1#CC2CCCC2C1. The summed E-state index contributed by atoms with van der Waals surface area (Å²) in [6, 6.07) is 0. The Morgan fingerprint density at radius 2 is 2.25 bits per heavy atom. The summed E-state index contributed by atoms with van der Waals surface area (Å²) in [6.07, 6.45) is 5.46. The van der Waals surface area contributed by atoms with Gasteiger partial charge >= 0.3 is 0 Å². The van der Waals surface area contributed by atoms with Crippen LogP contribution in [0.15, 0.2) is 0 Å². The van der Waals surface area contributed by atoms with Crippen LogP contribution in [0.2, 0.25) is 0 Å². The molecular weight excluding hydrogens is 96.1 g/mol. The summed E-state index contributed by atoms with van der Waals surface area (Å²) < 4.78 is 0. The topological polar surface area (TPSA) is 0 Å². The maximum Gasteiger partial charge on any atom is 0.0240 e.